The number of aromatic nitrogens is 2. The van der Waals surface area contributed by atoms with Crippen LogP contribution in [-0.2, 0) is 13.5 Å². The van der Waals surface area contributed by atoms with Gasteiger partial charge in [0, 0.05) is 43.7 Å². The van der Waals surface area contributed by atoms with Crippen molar-refractivity contribution in [2.45, 2.75) is 32.2 Å². The molecule has 1 aliphatic rings. The van der Waals surface area contributed by atoms with Crippen LogP contribution in [-0.4, -0.2) is 32.6 Å². The second kappa shape index (κ2) is 5.12. The van der Waals surface area contributed by atoms with Crippen molar-refractivity contribution < 1.29 is 0 Å². The molecule has 1 N–H and O–H groups in total. The second-order valence-corrected chi connectivity index (χ2v) is 6.08. The third-order valence-electron chi connectivity index (χ3n) is 2.92. The van der Waals surface area contributed by atoms with Crippen molar-refractivity contribution in [1.82, 2.24) is 14.9 Å². The van der Waals surface area contributed by atoms with Crippen molar-refractivity contribution in [3.8, 4) is 0 Å². The summed E-state index contributed by atoms with van der Waals surface area (Å²) in [6.45, 7) is 5.25. The van der Waals surface area contributed by atoms with Crippen LogP contribution in [0.15, 0.2) is 17.4 Å². The van der Waals surface area contributed by atoms with Crippen LogP contribution in [0.25, 0.3) is 0 Å². The summed E-state index contributed by atoms with van der Waals surface area (Å²) in [4.78, 5) is 8.90. The number of amidine groups is 1. The summed E-state index contributed by atoms with van der Waals surface area (Å²) in [6, 6.07) is 0. The molecule has 0 aromatic carbocycles. The molecule has 1 aromatic heterocycles. The molecule has 94 valence electrons. The Balaban J connectivity index is 1.86. The molecular formula is C12H20N4S. The Bertz CT molecular complexity index is 408. The SMILES string of the molecule is Cn1ccnc1CCN=C1NC(C)(C)CCS1. The van der Waals surface area contributed by atoms with Gasteiger partial charge in [-0.1, -0.05) is 11.8 Å². The van der Waals surface area contributed by atoms with Crippen molar-refractivity contribution in [3.63, 3.8) is 0 Å². The minimum atomic E-state index is 0.188. The summed E-state index contributed by atoms with van der Waals surface area (Å²) in [5.74, 6) is 2.25. The lowest BCUT2D eigenvalue weighted by atomic mass is 10.0. The van der Waals surface area contributed by atoms with Gasteiger partial charge >= 0.3 is 0 Å². The Kier molecular flexibility index (Phi) is 3.76. The van der Waals surface area contributed by atoms with Gasteiger partial charge in [-0.2, -0.15) is 0 Å². The quantitative estimate of drug-likeness (QED) is 0.892. The van der Waals surface area contributed by atoms with E-state index >= 15 is 0 Å². The van der Waals surface area contributed by atoms with E-state index in [0.29, 0.717) is 0 Å². The van der Waals surface area contributed by atoms with E-state index in [1.54, 1.807) is 0 Å². The molecule has 17 heavy (non-hydrogen) atoms. The van der Waals surface area contributed by atoms with Crippen molar-refractivity contribution in [3.05, 3.63) is 18.2 Å². The fraction of sp³-hybridized carbons (Fsp3) is 0.667. The van der Waals surface area contributed by atoms with Crippen LogP contribution in [0.4, 0.5) is 0 Å². The van der Waals surface area contributed by atoms with Crippen LogP contribution in [0.1, 0.15) is 26.1 Å². The lowest BCUT2D eigenvalue weighted by Crippen LogP contribution is -2.46. The van der Waals surface area contributed by atoms with Gasteiger partial charge in [0.05, 0.1) is 0 Å². The number of aliphatic imine (C=N–C) groups is 1. The largest absolute Gasteiger partial charge is 0.360 e. The third kappa shape index (κ3) is 3.49. The normalized spacial score (nSPS) is 21.5. The van der Waals surface area contributed by atoms with Crippen LogP contribution in [0, 0.1) is 0 Å². The molecule has 1 saturated heterocycles. The zero-order chi connectivity index (χ0) is 12.3. The topological polar surface area (TPSA) is 42.2 Å². The number of rotatable bonds is 3. The molecule has 2 rings (SSSR count). The average Bonchev–Trinajstić information content (AvgIpc) is 2.63. The predicted molar refractivity (Wildman–Crippen MR) is 73.5 cm³/mol. The zero-order valence-corrected chi connectivity index (χ0v) is 11.5. The molecule has 0 bridgehead atoms. The Hall–Kier alpha value is -0.970. The van der Waals surface area contributed by atoms with Crippen molar-refractivity contribution in [2.75, 3.05) is 12.3 Å². The summed E-state index contributed by atoms with van der Waals surface area (Å²) < 4.78 is 2.05. The van der Waals surface area contributed by atoms with E-state index in [4.69, 9.17) is 0 Å². The summed E-state index contributed by atoms with van der Waals surface area (Å²) in [5, 5.41) is 4.55. The Labute approximate surface area is 107 Å². The first-order valence-electron chi connectivity index (χ1n) is 5.98. The predicted octanol–water partition coefficient (Wildman–Crippen LogP) is 1.82. The number of hydrogen-bond donors (Lipinski definition) is 1. The third-order valence-corrected chi connectivity index (χ3v) is 3.84. The molecule has 1 fully saturated rings. The van der Waals surface area contributed by atoms with E-state index in [1.807, 2.05) is 35.8 Å². The molecule has 5 heteroatoms. The van der Waals surface area contributed by atoms with E-state index in [-0.39, 0.29) is 5.54 Å². The molecule has 0 aliphatic carbocycles. The van der Waals surface area contributed by atoms with Gasteiger partial charge in [0.2, 0.25) is 0 Å². The first-order chi connectivity index (χ1) is 8.07. The highest BCUT2D eigenvalue weighted by Crippen LogP contribution is 2.21. The van der Waals surface area contributed by atoms with Crippen LogP contribution in [0.2, 0.25) is 0 Å². The first kappa shape index (κ1) is 12.5. The van der Waals surface area contributed by atoms with Crippen LogP contribution >= 0.6 is 11.8 Å². The van der Waals surface area contributed by atoms with Gasteiger partial charge < -0.3 is 9.88 Å². The van der Waals surface area contributed by atoms with E-state index in [1.165, 1.54) is 6.42 Å². The first-order valence-corrected chi connectivity index (χ1v) is 6.97. The molecule has 0 unspecified atom stereocenters. The smallest absolute Gasteiger partial charge is 0.156 e. The van der Waals surface area contributed by atoms with Crippen molar-refractivity contribution >= 4 is 16.9 Å². The highest BCUT2D eigenvalue weighted by atomic mass is 32.2. The molecule has 0 atom stereocenters. The van der Waals surface area contributed by atoms with Crippen LogP contribution in [0.3, 0.4) is 0 Å². The molecule has 0 radical (unpaired) electrons. The monoisotopic (exact) mass is 252 g/mol. The maximum atomic E-state index is 4.61. The molecule has 1 aliphatic heterocycles. The summed E-state index contributed by atoms with van der Waals surface area (Å²) in [5.41, 5.74) is 0.188. The Morgan fingerprint density at radius 2 is 2.41 bits per heavy atom. The molecule has 0 saturated carbocycles. The van der Waals surface area contributed by atoms with Crippen LogP contribution in [0.5, 0.6) is 0 Å². The molecule has 2 heterocycles. The number of imidazole rings is 1. The fourth-order valence-corrected chi connectivity index (χ4v) is 3.11. The minimum absolute atomic E-state index is 0.188. The van der Waals surface area contributed by atoms with Gasteiger partial charge in [0.1, 0.15) is 5.82 Å². The Morgan fingerprint density at radius 1 is 1.59 bits per heavy atom. The number of thioether (sulfide) groups is 1. The highest BCUT2D eigenvalue weighted by Gasteiger charge is 2.23. The van der Waals surface area contributed by atoms with Gasteiger partial charge in [-0.3, -0.25) is 4.99 Å². The van der Waals surface area contributed by atoms with E-state index in [2.05, 4.69) is 29.1 Å². The summed E-state index contributed by atoms with van der Waals surface area (Å²) in [7, 11) is 2.02. The number of nitrogens with one attached hydrogen (secondary N) is 1. The summed E-state index contributed by atoms with van der Waals surface area (Å²) in [6.07, 6.45) is 5.89. The van der Waals surface area contributed by atoms with Gasteiger partial charge in [-0.25, -0.2) is 4.98 Å². The maximum absolute atomic E-state index is 4.61. The highest BCUT2D eigenvalue weighted by molar-refractivity contribution is 8.13. The minimum Gasteiger partial charge on any atom is -0.360 e. The molecule has 0 spiro atoms. The Morgan fingerprint density at radius 3 is 3.06 bits per heavy atom. The van der Waals surface area contributed by atoms with Gasteiger partial charge in [0.15, 0.2) is 5.17 Å². The van der Waals surface area contributed by atoms with E-state index < -0.39 is 0 Å². The zero-order valence-electron chi connectivity index (χ0n) is 10.7. The van der Waals surface area contributed by atoms with E-state index in [0.717, 1.165) is 29.7 Å². The fourth-order valence-electron chi connectivity index (χ4n) is 1.77. The molecule has 4 nitrogen and oxygen atoms in total. The number of hydrogen-bond acceptors (Lipinski definition) is 3. The maximum Gasteiger partial charge on any atom is 0.156 e. The lowest BCUT2D eigenvalue weighted by molar-refractivity contribution is 0.446. The summed E-state index contributed by atoms with van der Waals surface area (Å²) >= 11 is 1.82. The van der Waals surface area contributed by atoms with Crippen molar-refractivity contribution in [1.29, 1.82) is 0 Å². The average molecular weight is 252 g/mol. The van der Waals surface area contributed by atoms with Gasteiger partial charge in [-0.05, 0) is 20.3 Å². The second-order valence-electron chi connectivity index (χ2n) is 5.00. The molecular weight excluding hydrogens is 232 g/mol. The van der Waals surface area contributed by atoms with Crippen LogP contribution < -0.4 is 5.32 Å². The number of aryl methyl sites for hydroxylation is 1. The van der Waals surface area contributed by atoms with Gasteiger partial charge in [-0.15, -0.1) is 0 Å². The molecule has 0 amide bonds. The molecule has 1 aromatic rings. The van der Waals surface area contributed by atoms with Crippen molar-refractivity contribution in [2.24, 2.45) is 12.0 Å². The number of nitrogens with zero attached hydrogens (tertiary/aromatic N) is 3. The van der Waals surface area contributed by atoms with E-state index in [9.17, 15) is 0 Å². The lowest BCUT2D eigenvalue weighted by Gasteiger charge is -2.32. The standard InChI is InChI=1S/C12H20N4S/c1-12(2)5-9-17-11(15-12)14-6-4-10-13-7-8-16(10)3/h7-8H,4-6,9H2,1-3H3,(H,14,15). The van der Waals surface area contributed by atoms with Gasteiger partial charge in [0.25, 0.3) is 0 Å².